The summed E-state index contributed by atoms with van der Waals surface area (Å²) in [6, 6.07) is 17.1. The Balaban J connectivity index is -0.000000428. The van der Waals surface area contributed by atoms with E-state index in [9.17, 15) is 0 Å². The van der Waals surface area contributed by atoms with Gasteiger partial charge in [0.15, 0.2) is 16.6 Å². The van der Waals surface area contributed by atoms with Gasteiger partial charge in [0, 0.05) is 13.2 Å². The summed E-state index contributed by atoms with van der Waals surface area (Å²) in [7, 11) is -2.56. The van der Waals surface area contributed by atoms with Gasteiger partial charge in [0.2, 0.25) is 0 Å². The fraction of sp³-hybridized carbons (Fsp3) is 0.560. The van der Waals surface area contributed by atoms with Gasteiger partial charge in [0.05, 0.1) is 0 Å². The molecule has 2 nitrogen and oxygen atoms in total. The zero-order valence-corrected chi connectivity index (χ0v) is 27.4. The fourth-order valence-electron chi connectivity index (χ4n) is 2.47. The first-order valence-corrected chi connectivity index (χ1v) is 19.1. The molecule has 184 valence electrons. The molecule has 0 atom stereocenters. The van der Waals surface area contributed by atoms with Crippen molar-refractivity contribution in [2.45, 2.75) is 78.8 Å². The number of halogens is 2. The zero-order valence-electron chi connectivity index (χ0n) is 21.4. The molecule has 0 amide bonds. The quantitative estimate of drug-likeness (QED) is 0.233. The molecule has 2 aromatic rings. The molecule has 2 aromatic carbocycles. The van der Waals surface area contributed by atoms with Crippen molar-refractivity contribution in [1.29, 1.82) is 0 Å². The minimum atomic E-state index is -1.28. The van der Waals surface area contributed by atoms with Crippen molar-refractivity contribution in [3.05, 3.63) is 59.7 Å². The van der Waals surface area contributed by atoms with Crippen LogP contribution in [0.15, 0.2) is 48.5 Å². The second-order valence-corrected chi connectivity index (χ2v) is 21.2. The van der Waals surface area contributed by atoms with Gasteiger partial charge in [0.1, 0.15) is 0 Å². The first kappa shape index (κ1) is 36.9. The third kappa shape index (κ3) is 28.4. The van der Waals surface area contributed by atoms with Crippen LogP contribution in [0, 0.1) is 0 Å². The van der Waals surface area contributed by atoms with Gasteiger partial charge >= 0.3 is 41.3 Å². The van der Waals surface area contributed by atoms with Gasteiger partial charge in [-0.1, -0.05) is 12.8 Å². The zero-order chi connectivity index (χ0) is 23.0. The van der Waals surface area contributed by atoms with E-state index in [0.29, 0.717) is 0 Å². The molecule has 0 aliphatic rings. The molecule has 32 heavy (non-hydrogen) atoms. The largest absolute Gasteiger partial charge is 1.00 e. The Hall–Kier alpha value is 0.387. The molecule has 0 unspecified atom stereocenters. The molecule has 0 aliphatic carbocycles. The Morgan fingerprint density at radius 3 is 1.12 bits per heavy atom. The summed E-state index contributed by atoms with van der Waals surface area (Å²) in [6.07, 6.45) is 4.59. The van der Waals surface area contributed by atoms with Crippen LogP contribution in [0.2, 0.25) is 39.3 Å². The van der Waals surface area contributed by atoms with Crippen LogP contribution < -0.4 is 24.8 Å². The smallest absolute Gasteiger partial charge is 0.183 e. The van der Waals surface area contributed by atoms with Crippen LogP contribution in [0.5, 0.6) is 0 Å². The minimum Gasteiger partial charge on any atom is -1.00 e. The molecule has 0 saturated carbocycles. The van der Waals surface area contributed by atoms with E-state index < -0.39 is 16.6 Å². The fourth-order valence-corrected chi connectivity index (χ4v) is 3.98. The second kappa shape index (κ2) is 20.7. The van der Waals surface area contributed by atoms with Crippen molar-refractivity contribution in [2.24, 2.45) is 0 Å². The van der Waals surface area contributed by atoms with Crippen LogP contribution in [0.3, 0.4) is 0 Å². The second-order valence-electron chi connectivity index (χ2n) is 9.72. The predicted octanol–water partition coefficient (Wildman–Crippen LogP) is 1.13. The topological polar surface area (TPSA) is 18.5 Å². The van der Waals surface area contributed by atoms with E-state index in [1.807, 2.05) is 0 Å². The molecule has 0 aliphatic heterocycles. The van der Waals surface area contributed by atoms with E-state index >= 15 is 0 Å². The van der Waals surface area contributed by atoms with Gasteiger partial charge in [-0.25, -0.2) is 24.3 Å². The van der Waals surface area contributed by atoms with Crippen molar-refractivity contribution in [3.63, 3.8) is 0 Å². The number of aryl methyl sites for hydroxylation is 2. The van der Waals surface area contributed by atoms with Crippen LogP contribution in [0.1, 0.15) is 37.8 Å². The maximum absolute atomic E-state index is 5.77. The summed E-state index contributed by atoms with van der Waals surface area (Å²) in [6.45, 7) is 19.5. The molecule has 0 fully saturated rings. The molecule has 0 aromatic heterocycles. The summed E-state index contributed by atoms with van der Waals surface area (Å²) >= 11 is 1.55. The summed E-state index contributed by atoms with van der Waals surface area (Å²) in [5.41, 5.74) is 2.86. The normalized spacial score (nSPS) is 10.6. The molecule has 0 radical (unpaired) electrons. The minimum absolute atomic E-state index is 0. The van der Waals surface area contributed by atoms with Crippen molar-refractivity contribution >= 4 is 19.8 Å². The average Bonchev–Trinajstić information content (AvgIpc) is 3.28. The van der Waals surface area contributed by atoms with Crippen molar-refractivity contribution in [1.82, 2.24) is 0 Å². The summed E-state index contributed by atoms with van der Waals surface area (Å²) in [4.78, 5) is 0. The van der Waals surface area contributed by atoms with Gasteiger partial charge in [-0.2, -0.15) is 35.4 Å². The molecular formula is C25H44Cl2O2Si2Zr-2. The van der Waals surface area contributed by atoms with Gasteiger partial charge < -0.3 is 33.7 Å². The molecule has 0 N–H and O–H groups in total. The molecular weight excluding hydrogens is 551 g/mol. The Morgan fingerprint density at radius 1 is 0.656 bits per heavy atom. The Morgan fingerprint density at radius 2 is 0.906 bits per heavy atom. The third-order valence-electron chi connectivity index (χ3n) is 3.75. The average molecular weight is 595 g/mol. The number of hydrogen-bond donors (Lipinski definition) is 0. The van der Waals surface area contributed by atoms with Crippen molar-refractivity contribution in [2.75, 3.05) is 13.2 Å². The molecule has 0 saturated heterocycles. The molecule has 7 heteroatoms. The first-order chi connectivity index (χ1) is 13.9. The summed E-state index contributed by atoms with van der Waals surface area (Å²) < 4.78 is 13.0. The van der Waals surface area contributed by atoms with Crippen molar-refractivity contribution < 1.29 is 57.9 Å². The third-order valence-corrected chi connectivity index (χ3v) is 5.89. The molecule has 0 spiro atoms. The van der Waals surface area contributed by atoms with E-state index in [1.54, 1.807) is 24.2 Å². The number of hydrogen-bond acceptors (Lipinski definition) is 2. The monoisotopic (exact) mass is 592 g/mol. The maximum atomic E-state index is 5.77. The summed E-state index contributed by atoms with van der Waals surface area (Å²) in [5, 5.41) is 0. The van der Waals surface area contributed by atoms with Crippen LogP contribution in [0.4, 0.5) is 0 Å². The molecule has 0 bridgehead atoms. The molecule has 0 heterocycles. The standard InChI is InChI=1S/2C11H19OSi.C3H6.2ClH.Zr/c2*1-13(2,3)12-10-6-9-11-7-4-5-8-11;1-3-2;;;/h2*4-5,7-8H,6,9-10H2,1-3H3;1-2H3;2*1H;/q2*-1;;;;+2/p-2. The van der Waals surface area contributed by atoms with Gasteiger partial charge in [-0.15, -0.1) is 0 Å². The number of rotatable bonds is 10. The van der Waals surface area contributed by atoms with Crippen LogP contribution in [-0.4, -0.2) is 33.1 Å². The van der Waals surface area contributed by atoms with E-state index in [0.717, 1.165) is 38.9 Å². The maximum Gasteiger partial charge on any atom is 0.183 e. The Bertz CT molecular complexity index is 590. The van der Waals surface area contributed by atoms with Crippen LogP contribution in [-0.2, 0) is 45.9 Å². The Kier molecular flexibility index (Phi) is 23.9. The van der Waals surface area contributed by atoms with Crippen molar-refractivity contribution in [3.8, 4) is 0 Å². The Labute approximate surface area is 228 Å². The molecule has 2 rings (SSSR count). The predicted molar refractivity (Wildman–Crippen MR) is 136 cm³/mol. The van der Waals surface area contributed by atoms with E-state index in [-0.39, 0.29) is 24.8 Å². The van der Waals surface area contributed by atoms with Gasteiger partial charge in [-0.05, 0) is 52.1 Å². The SMILES string of the molecule is C[C](C)=[Zr+2].C[Si](C)(C)OCCC[c-]1cccc1.C[Si](C)(C)OCCC[c-]1cccc1.[Cl-].[Cl-]. The van der Waals surface area contributed by atoms with E-state index in [4.69, 9.17) is 8.85 Å². The van der Waals surface area contributed by atoms with Crippen LogP contribution in [0.25, 0.3) is 0 Å². The first-order valence-electron chi connectivity index (χ1n) is 11.1. The van der Waals surface area contributed by atoms with Gasteiger partial charge in [-0.3, -0.25) is 0 Å². The summed E-state index contributed by atoms with van der Waals surface area (Å²) in [5.74, 6) is 0. The van der Waals surface area contributed by atoms with E-state index in [2.05, 4.69) is 102 Å². The van der Waals surface area contributed by atoms with Crippen LogP contribution >= 0.6 is 0 Å². The van der Waals surface area contributed by atoms with Gasteiger partial charge in [0.25, 0.3) is 0 Å². The van der Waals surface area contributed by atoms with E-state index in [1.165, 1.54) is 14.3 Å².